The molecule has 0 radical (unpaired) electrons. The van der Waals surface area contributed by atoms with Crippen molar-refractivity contribution in [3.8, 4) is 11.3 Å². The molecule has 0 aliphatic rings. The topological polar surface area (TPSA) is 63.3 Å². The Morgan fingerprint density at radius 1 is 1.45 bits per heavy atom. The van der Waals surface area contributed by atoms with Crippen LogP contribution in [-0.4, -0.2) is 21.3 Å². The van der Waals surface area contributed by atoms with Crippen molar-refractivity contribution in [3.63, 3.8) is 0 Å². The Morgan fingerprint density at radius 2 is 2.15 bits per heavy atom. The maximum absolute atomic E-state index is 12.8. The largest absolute Gasteiger partial charge is 0.480 e. The summed E-state index contributed by atoms with van der Waals surface area (Å²) >= 11 is 1.28. The van der Waals surface area contributed by atoms with Crippen LogP contribution in [-0.2, 0) is 10.5 Å². The first-order valence-corrected chi connectivity index (χ1v) is 7.20. The van der Waals surface area contributed by atoms with E-state index in [4.69, 9.17) is 9.52 Å². The summed E-state index contributed by atoms with van der Waals surface area (Å²) in [4.78, 5) is 15.0. The number of thioether (sulfide) groups is 1. The Balaban J connectivity index is 2.02. The highest BCUT2D eigenvalue weighted by Crippen LogP contribution is 2.24. The van der Waals surface area contributed by atoms with Crippen LogP contribution in [0, 0.1) is 5.82 Å². The summed E-state index contributed by atoms with van der Waals surface area (Å²) in [7, 11) is 0. The maximum Gasteiger partial charge on any atom is 0.316 e. The Kier molecular flexibility index (Phi) is 4.79. The van der Waals surface area contributed by atoms with E-state index in [0.717, 1.165) is 5.56 Å². The second kappa shape index (κ2) is 6.56. The summed E-state index contributed by atoms with van der Waals surface area (Å²) in [5.41, 5.74) is 0.737. The molecular formula is C14H14FNO3S. The van der Waals surface area contributed by atoms with E-state index in [2.05, 4.69) is 4.98 Å². The fourth-order valence-corrected chi connectivity index (χ4v) is 2.52. The Hall–Kier alpha value is -1.82. The highest BCUT2D eigenvalue weighted by molar-refractivity contribution is 7.99. The van der Waals surface area contributed by atoms with Gasteiger partial charge in [-0.15, -0.1) is 11.8 Å². The van der Waals surface area contributed by atoms with Crippen molar-refractivity contribution < 1.29 is 18.7 Å². The molecule has 1 unspecified atom stereocenters. The number of aliphatic carboxylic acids is 1. The quantitative estimate of drug-likeness (QED) is 0.882. The minimum atomic E-state index is -0.831. The van der Waals surface area contributed by atoms with Gasteiger partial charge in [0.25, 0.3) is 0 Å². The molecule has 0 bridgehead atoms. The van der Waals surface area contributed by atoms with E-state index < -0.39 is 11.2 Å². The van der Waals surface area contributed by atoms with E-state index in [1.165, 1.54) is 23.9 Å². The van der Waals surface area contributed by atoms with Crippen LogP contribution in [0.15, 0.2) is 34.9 Å². The first-order chi connectivity index (χ1) is 9.60. The molecule has 2 aromatic rings. The molecule has 0 fully saturated rings. The maximum atomic E-state index is 12.8. The monoisotopic (exact) mass is 295 g/mol. The molecule has 1 atom stereocenters. The summed E-state index contributed by atoms with van der Waals surface area (Å²) in [5, 5.41) is 8.49. The van der Waals surface area contributed by atoms with Gasteiger partial charge in [-0.1, -0.05) is 6.92 Å². The lowest BCUT2D eigenvalue weighted by molar-refractivity contribution is -0.136. The SMILES string of the molecule is CCC(SCc1ncc(-c2ccc(F)cc2)o1)C(=O)O. The van der Waals surface area contributed by atoms with E-state index in [-0.39, 0.29) is 5.82 Å². The highest BCUT2D eigenvalue weighted by Gasteiger charge is 2.17. The van der Waals surface area contributed by atoms with Gasteiger partial charge in [0.05, 0.1) is 11.9 Å². The fourth-order valence-electron chi connectivity index (χ4n) is 1.66. The van der Waals surface area contributed by atoms with Gasteiger partial charge >= 0.3 is 5.97 Å². The zero-order chi connectivity index (χ0) is 14.5. The molecule has 20 heavy (non-hydrogen) atoms. The van der Waals surface area contributed by atoms with Gasteiger partial charge in [-0.25, -0.2) is 9.37 Å². The van der Waals surface area contributed by atoms with Crippen LogP contribution >= 0.6 is 11.8 Å². The van der Waals surface area contributed by atoms with Crippen molar-refractivity contribution >= 4 is 17.7 Å². The molecule has 0 amide bonds. The Bertz CT molecular complexity index is 582. The number of carboxylic acids is 1. The summed E-state index contributed by atoms with van der Waals surface area (Å²) in [5.74, 6) is 0.267. The standard InChI is InChI=1S/C14H14FNO3S/c1-2-12(14(17)18)20-8-13-16-7-11(19-13)9-3-5-10(15)6-4-9/h3-7,12H,2,8H2,1H3,(H,17,18). The Labute approximate surface area is 120 Å². The number of hydrogen-bond acceptors (Lipinski definition) is 4. The highest BCUT2D eigenvalue weighted by atomic mass is 32.2. The van der Waals surface area contributed by atoms with Gasteiger partial charge in [0.2, 0.25) is 5.89 Å². The summed E-state index contributed by atoms with van der Waals surface area (Å²) in [6, 6.07) is 5.92. The van der Waals surface area contributed by atoms with Gasteiger partial charge in [-0.3, -0.25) is 4.79 Å². The number of hydrogen-bond donors (Lipinski definition) is 1. The normalized spacial score (nSPS) is 12.3. The molecule has 0 spiro atoms. The van der Waals surface area contributed by atoms with Crippen LogP contribution in [0.3, 0.4) is 0 Å². The first kappa shape index (κ1) is 14.6. The van der Waals surface area contributed by atoms with Crippen molar-refractivity contribution in [2.45, 2.75) is 24.3 Å². The molecule has 1 heterocycles. The molecule has 1 N–H and O–H groups in total. The first-order valence-electron chi connectivity index (χ1n) is 6.15. The van der Waals surface area contributed by atoms with Gasteiger partial charge < -0.3 is 9.52 Å². The molecule has 1 aromatic heterocycles. The van der Waals surface area contributed by atoms with Crippen molar-refractivity contribution in [2.75, 3.05) is 0 Å². The van der Waals surface area contributed by atoms with Gasteiger partial charge in [-0.05, 0) is 30.7 Å². The lowest BCUT2D eigenvalue weighted by Gasteiger charge is -2.06. The average molecular weight is 295 g/mol. The molecule has 2 rings (SSSR count). The molecular weight excluding hydrogens is 281 g/mol. The zero-order valence-corrected chi connectivity index (χ0v) is 11.7. The molecule has 0 aliphatic heterocycles. The molecule has 0 saturated carbocycles. The fraction of sp³-hybridized carbons (Fsp3) is 0.286. The predicted octanol–water partition coefficient (Wildman–Crippen LogP) is 3.58. The minimum Gasteiger partial charge on any atom is -0.480 e. The molecule has 1 aromatic carbocycles. The van der Waals surface area contributed by atoms with E-state index in [9.17, 15) is 9.18 Å². The number of halogens is 1. The van der Waals surface area contributed by atoms with Crippen LogP contribution in [0.5, 0.6) is 0 Å². The van der Waals surface area contributed by atoms with Crippen molar-refractivity contribution in [3.05, 3.63) is 42.2 Å². The molecule has 106 valence electrons. The number of rotatable bonds is 6. The Morgan fingerprint density at radius 3 is 2.75 bits per heavy atom. The molecule has 6 heteroatoms. The van der Waals surface area contributed by atoms with Gasteiger partial charge in [-0.2, -0.15) is 0 Å². The van der Waals surface area contributed by atoms with Crippen LogP contribution in [0.1, 0.15) is 19.2 Å². The number of oxazole rings is 1. The molecule has 0 saturated heterocycles. The number of carboxylic acid groups (broad SMARTS) is 1. The zero-order valence-electron chi connectivity index (χ0n) is 10.9. The van der Waals surface area contributed by atoms with Crippen LogP contribution < -0.4 is 0 Å². The van der Waals surface area contributed by atoms with Crippen molar-refractivity contribution in [1.29, 1.82) is 0 Å². The lowest BCUT2D eigenvalue weighted by Crippen LogP contribution is -2.15. The third-order valence-electron chi connectivity index (χ3n) is 2.74. The van der Waals surface area contributed by atoms with Crippen LogP contribution in [0.25, 0.3) is 11.3 Å². The lowest BCUT2D eigenvalue weighted by atomic mass is 10.2. The van der Waals surface area contributed by atoms with Gasteiger partial charge in [0, 0.05) is 5.56 Å². The number of nitrogens with zero attached hydrogens (tertiary/aromatic N) is 1. The third-order valence-corrected chi connectivity index (χ3v) is 4.09. The van der Waals surface area contributed by atoms with E-state index in [1.807, 2.05) is 6.92 Å². The predicted molar refractivity (Wildman–Crippen MR) is 74.9 cm³/mol. The minimum absolute atomic E-state index is 0.309. The third kappa shape index (κ3) is 3.60. The van der Waals surface area contributed by atoms with Crippen LogP contribution in [0.2, 0.25) is 0 Å². The number of benzene rings is 1. The second-order valence-electron chi connectivity index (χ2n) is 4.17. The smallest absolute Gasteiger partial charge is 0.316 e. The molecule has 4 nitrogen and oxygen atoms in total. The second-order valence-corrected chi connectivity index (χ2v) is 5.36. The van der Waals surface area contributed by atoms with Crippen molar-refractivity contribution in [2.24, 2.45) is 0 Å². The van der Waals surface area contributed by atoms with E-state index >= 15 is 0 Å². The number of carbonyl (C=O) groups is 1. The van der Waals surface area contributed by atoms with Gasteiger partial charge in [0.1, 0.15) is 11.1 Å². The van der Waals surface area contributed by atoms with Crippen LogP contribution in [0.4, 0.5) is 4.39 Å². The van der Waals surface area contributed by atoms with E-state index in [0.29, 0.717) is 23.8 Å². The van der Waals surface area contributed by atoms with E-state index in [1.54, 1.807) is 18.3 Å². The van der Waals surface area contributed by atoms with Crippen molar-refractivity contribution in [1.82, 2.24) is 4.98 Å². The summed E-state index contributed by atoms with van der Waals surface area (Å²) in [6.45, 7) is 1.82. The van der Waals surface area contributed by atoms with Gasteiger partial charge in [0.15, 0.2) is 5.76 Å². The average Bonchev–Trinajstić information content (AvgIpc) is 2.89. The molecule has 0 aliphatic carbocycles. The number of aromatic nitrogens is 1. The summed E-state index contributed by atoms with van der Waals surface area (Å²) in [6.07, 6.45) is 2.11. The summed E-state index contributed by atoms with van der Waals surface area (Å²) < 4.78 is 18.4.